The van der Waals surface area contributed by atoms with Gasteiger partial charge in [-0.1, -0.05) is 0 Å². The van der Waals surface area contributed by atoms with Crippen molar-refractivity contribution in [3.8, 4) is 0 Å². The van der Waals surface area contributed by atoms with E-state index < -0.39 is 0 Å². The van der Waals surface area contributed by atoms with Crippen molar-refractivity contribution in [3.05, 3.63) is 75.2 Å². The summed E-state index contributed by atoms with van der Waals surface area (Å²) >= 11 is 0. The van der Waals surface area contributed by atoms with E-state index in [0.29, 0.717) is 31.7 Å². The maximum absolute atomic E-state index is 12.9. The van der Waals surface area contributed by atoms with Crippen LogP contribution < -0.4 is 5.56 Å². The van der Waals surface area contributed by atoms with Gasteiger partial charge in [-0.25, -0.2) is 4.68 Å². The van der Waals surface area contributed by atoms with Gasteiger partial charge in [0, 0.05) is 24.2 Å². The predicted octanol–water partition coefficient (Wildman–Crippen LogP) is 3.11. The van der Waals surface area contributed by atoms with Gasteiger partial charge < -0.3 is 14.1 Å². The maximum Gasteiger partial charge on any atom is 0.252 e. The Labute approximate surface area is 191 Å². The molecule has 9 heteroatoms. The Morgan fingerprint density at radius 3 is 2.85 bits per heavy atom. The third-order valence-corrected chi connectivity index (χ3v) is 6.26. The zero-order valence-corrected chi connectivity index (χ0v) is 19.0. The fourth-order valence-electron chi connectivity index (χ4n) is 4.33. The van der Waals surface area contributed by atoms with E-state index in [-0.39, 0.29) is 11.7 Å². The second-order valence-electron chi connectivity index (χ2n) is 8.78. The van der Waals surface area contributed by atoms with Gasteiger partial charge in [-0.15, -0.1) is 5.10 Å². The lowest BCUT2D eigenvalue weighted by Crippen LogP contribution is -2.28. The van der Waals surface area contributed by atoms with E-state index in [4.69, 9.17) is 9.15 Å². The molecule has 0 spiro atoms. The minimum Gasteiger partial charge on any atom is -0.468 e. The van der Waals surface area contributed by atoms with Crippen LogP contribution in [0.4, 0.5) is 0 Å². The molecule has 3 aromatic heterocycles. The summed E-state index contributed by atoms with van der Waals surface area (Å²) < 4.78 is 13.1. The van der Waals surface area contributed by atoms with Gasteiger partial charge in [0.15, 0.2) is 5.82 Å². The summed E-state index contributed by atoms with van der Waals surface area (Å²) in [4.78, 5) is 18.1. The SMILES string of the molecule is Cc1cc2cc(CN(Cc3ccco3)Cc3nnnn3CC3CCCO3)c(=O)[nH]c2cc1C. The first-order valence-corrected chi connectivity index (χ1v) is 11.3. The largest absolute Gasteiger partial charge is 0.468 e. The molecule has 1 atom stereocenters. The van der Waals surface area contributed by atoms with E-state index in [2.05, 4.69) is 38.4 Å². The number of ether oxygens (including phenoxy) is 1. The Morgan fingerprint density at radius 2 is 2.06 bits per heavy atom. The number of hydrogen-bond acceptors (Lipinski definition) is 7. The Morgan fingerprint density at radius 1 is 1.18 bits per heavy atom. The molecule has 0 amide bonds. The zero-order valence-electron chi connectivity index (χ0n) is 19.0. The van der Waals surface area contributed by atoms with Crippen molar-refractivity contribution in [2.45, 2.75) is 59.0 Å². The number of benzene rings is 1. The molecule has 0 bridgehead atoms. The lowest BCUT2D eigenvalue weighted by atomic mass is 10.0. The second-order valence-corrected chi connectivity index (χ2v) is 8.78. The highest BCUT2D eigenvalue weighted by atomic mass is 16.5. The van der Waals surface area contributed by atoms with Crippen molar-refractivity contribution in [3.63, 3.8) is 0 Å². The molecule has 33 heavy (non-hydrogen) atoms. The first-order chi connectivity index (χ1) is 16.0. The number of rotatable bonds is 8. The molecular weight excluding hydrogens is 420 g/mol. The average Bonchev–Trinajstić information content (AvgIpc) is 3.55. The van der Waals surface area contributed by atoms with Crippen molar-refractivity contribution in [2.24, 2.45) is 0 Å². The highest BCUT2D eigenvalue weighted by molar-refractivity contribution is 5.80. The summed E-state index contributed by atoms with van der Waals surface area (Å²) in [5.74, 6) is 1.55. The van der Waals surface area contributed by atoms with Crippen LogP contribution in [0.1, 0.15) is 41.1 Å². The summed E-state index contributed by atoms with van der Waals surface area (Å²) in [6, 6.07) is 9.91. The Kier molecular flexibility index (Phi) is 6.06. The highest BCUT2D eigenvalue weighted by Gasteiger charge is 2.21. The maximum atomic E-state index is 12.9. The van der Waals surface area contributed by atoms with E-state index in [0.717, 1.165) is 47.5 Å². The molecular formula is C24H28N6O3. The molecule has 1 saturated heterocycles. The van der Waals surface area contributed by atoms with Gasteiger partial charge in [0.2, 0.25) is 0 Å². The van der Waals surface area contributed by atoms with Gasteiger partial charge in [0.1, 0.15) is 5.76 Å². The average molecular weight is 449 g/mol. The number of H-pyrrole nitrogens is 1. The molecule has 1 unspecified atom stereocenters. The molecule has 1 aliphatic rings. The topological polar surface area (TPSA) is 102 Å². The van der Waals surface area contributed by atoms with Gasteiger partial charge in [-0.05, 0) is 84.0 Å². The fourth-order valence-corrected chi connectivity index (χ4v) is 4.33. The van der Waals surface area contributed by atoms with E-state index in [1.807, 2.05) is 35.9 Å². The van der Waals surface area contributed by atoms with Gasteiger partial charge >= 0.3 is 0 Å². The second kappa shape index (κ2) is 9.29. The molecule has 172 valence electrons. The van der Waals surface area contributed by atoms with Gasteiger partial charge in [-0.2, -0.15) is 0 Å². The van der Waals surface area contributed by atoms with Crippen molar-refractivity contribution in [2.75, 3.05) is 6.61 Å². The summed E-state index contributed by atoms with van der Waals surface area (Å²) in [5, 5.41) is 13.3. The molecule has 5 rings (SSSR count). The Bertz CT molecular complexity index is 1290. The standard InChI is InChI=1S/C24H28N6O3/c1-16-9-18-11-19(24(31)25-22(18)10-17(16)2)12-29(13-20-5-3-7-32-20)15-23-26-27-28-30(23)14-21-6-4-8-33-21/h3,5,7,9-11,21H,4,6,8,12-15H2,1-2H3,(H,25,31). The molecule has 9 nitrogen and oxygen atoms in total. The van der Waals surface area contributed by atoms with Crippen LogP contribution in [0.2, 0.25) is 0 Å². The summed E-state index contributed by atoms with van der Waals surface area (Å²) in [5.41, 5.74) is 3.80. The molecule has 1 aromatic carbocycles. The van der Waals surface area contributed by atoms with E-state index >= 15 is 0 Å². The molecule has 1 fully saturated rings. The molecule has 0 radical (unpaired) electrons. The minimum absolute atomic E-state index is 0.0888. The van der Waals surface area contributed by atoms with E-state index in [9.17, 15) is 4.79 Å². The third kappa shape index (κ3) is 4.89. The first kappa shape index (κ1) is 21.5. The predicted molar refractivity (Wildman–Crippen MR) is 122 cm³/mol. The lowest BCUT2D eigenvalue weighted by molar-refractivity contribution is 0.0913. The smallest absolute Gasteiger partial charge is 0.252 e. The molecule has 0 saturated carbocycles. The molecule has 4 aromatic rings. The number of tetrazole rings is 1. The number of aryl methyl sites for hydroxylation is 2. The summed E-state index contributed by atoms with van der Waals surface area (Å²) in [7, 11) is 0. The van der Waals surface area contributed by atoms with Crippen molar-refractivity contribution in [1.82, 2.24) is 30.1 Å². The quantitative estimate of drug-likeness (QED) is 0.442. The molecule has 4 heterocycles. The van der Waals surface area contributed by atoms with Crippen molar-refractivity contribution < 1.29 is 9.15 Å². The lowest BCUT2D eigenvalue weighted by Gasteiger charge is -2.21. The van der Waals surface area contributed by atoms with Crippen molar-refractivity contribution in [1.29, 1.82) is 0 Å². The van der Waals surface area contributed by atoms with Crippen molar-refractivity contribution >= 4 is 10.9 Å². The Hall–Kier alpha value is -3.30. The summed E-state index contributed by atoms with van der Waals surface area (Å²) in [6.07, 6.45) is 3.88. The van der Waals surface area contributed by atoms with Gasteiger partial charge in [0.05, 0.1) is 32.0 Å². The molecule has 1 N–H and O–H groups in total. The van der Waals surface area contributed by atoms with Crippen LogP contribution >= 0.6 is 0 Å². The van der Waals surface area contributed by atoms with Crippen LogP contribution in [0.15, 0.2) is 45.8 Å². The first-order valence-electron chi connectivity index (χ1n) is 11.3. The normalized spacial score (nSPS) is 16.3. The number of nitrogens with zero attached hydrogens (tertiary/aromatic N) is 5. The van der Waals surface area contributed by atoms with E-state index in [1.165, 1.54) is 5.56 Å². The van der Waals surface area contributed by atoms with Crippen LogP contribution in [0.3, 0.4) is 0 Å². The number of aromatic amines is 1. The van der Waals surface area contributed by atoms with Gasteiger partial charge in [0.25, 0.3) is 5.56 Å². The zero-order chi connectivity index (χ0) is 22.8. The number of pyridine rings is 1. The monoisotopic (exact) mass is 448 g/mol. The van der Waals surface area contributed by atoms with Crippen LogP contribution in [0.5, 0.6) is 0 Å². The van der Waals surface area contributed by atoms with Gasteiger partial charge in [-0.3, -0.25) is 9.69 Å². The number of aromatic nitrogens is 5. The number of furan rings is 1. The fraction of sp³-hybridized carbons (Fsp3) is 0.417. The van der Waals surface area contributed by atoms with Crippen LogP contribution in [0, 0.1) is 13.8 Å². The van der Waals surface area contributed by atoms with Crippen LogP contribution in [-0.2, 0) is 30.9 Å². The number of hydrogen-bond donors (Lipinski definition) is 1. The van der Waals surface area contributed by atoms with Crippen LogP contribution in [-0.4, -0.2) is 42.8 Å². The minimum atomic E-state index is -0.0888. The van der Waals surface area contributed by atoms with E-state index in [1.54, 1.807) is 6.26 Å². The number of nitrogens with one attached hydrogen (secondary N) is 1. The Balaban J connectivity index is 1.42. The summed E-state index contributed by atoms with van der Waals surface area (Å²) in [6.45, 7) is 6.99. The highest BCUT2D eigenvalue weighted by Crippen LogP contribution is 2.19. The molecule has 1 aliphatic heterocycles. The van der Waals surface area contributed by atoms with Crippen LogP contribution in [0.25, 0.3) is 10.9 Å². The number of fused-ring (bicyclic) bond motifs is 1. The molecule has 0 aliphatic carbocycles. The third-order valence-electron chi connectivity index (χ3n) is 6.26.